The van der Waals surface area contributed by atoms with E-state index in [4.69, 9.17) is 0 Å². The van der Waals surface area contributed by atoms with Crippen molar-refractivity contribution in [2.24, 2.45) is 0 Å². The first-order chi connectivity index (χ1) is 5.86. The van der Waals surface area contributed by atoms with Crippen LogP contribution >= 0.6 is 39.0 Å². The molecule has 2 rings (SSSR count). The van der Waals surface area contributed by atoms with Gasteiger partial charge in [-0.15, -0.1) is 11.3 Å². The Morgan fingerprint density at radius 1 is 1.58 bits per heavy atom. The summed E-state index contributed by atoms with van der Waals surface area (Å²) in [5, 5.41) is 5.64. The molecule has 0 saturated carbocycles. The largest absolute Gasteiger partial charge is 0.308 e. The Bertz CT molecular complexity index is 257. The van der Waals surface area contributed by atoms with Crippen LogP contribution in [0.2, 0.25) is 0 Å². The van der Waals surface area contributed by atoms with Gasteiger partial charge in [0.1, 0.15) is 0 Å². The van der Waals surface area contributed by atoms with Crippen LogP contribution in [0, 0.1) is 0 Å². The molecule has 4 heteroatoms. The van der Waals surface area contributed by atoms with Crippen molar-refractivity contribution < 1.29 is 0 Å². The van der Waals surface area contributed by atoms with Crippen molar-refractivity contribution in [3.8, 4) is 0 Å². The zero-order chi connectivity index (χ0) is 8.39. The Morgan fingerprint density at radius 3 is 2.92 bits per heavy atom. The molecule has 0 bridgehead atoms. The number of thioether (sulfide) groups is 1. The normalized spacial score (nSPS) is 17.8. The summed E-state index contributed by atoms with van der Waals surface area (Å²) in [7, 11) is 0. The second-order valence-corrected chi connectivity index (χ2v) is 6.14. The summed E-state index contributed by atoms with van der Waals surface area (Å²) >= 11 is 7.30. The van der Waals surface area contributed by atoms with Crippen molar-refractivity contribution >= 4 is 39.0 Å². The fourth-order valence-electron chi connectivity index (χ4n) is 1.05. The molecule has 1 N–H and O–H groups in total. The molecule has 2 heterocycles. The number of hydrogen-bond acceptors (Lipinski definition) is 3. The van der Waals surface area contributed by atoms with Gasteiger partial charge in [-0.25, -0.2) is 0 Å². The van der Waals surface area contributed by atoms with Gasteiger partial charge in [-0.1, -0.05) is 0 Å². The highest BCUT2D eigenvalue weighted by Crippen LogP contribution is 2.24. The monoisotopic (exact) mass is 263 g/mol. The molecule has 1 fully saturated rings. The van der Waals surface area contributed by atoms with Crippen molar-refractivity contribution in [3.63, 3.8) is 0 Å². The Kier molecular flexibility index (Phi) is 3.12. The summed E-state index contributed by atoms with van der Waals surface area (Å²) in [6.07, 6.45) is 0. The summed E-state index contributed by atoms with van der Waals surface area (Å²) in [5.41, 5.74) is 1.39. The number of hydrogen-bond donors (Lipinski definition) is 1. The van der Waals surface area contributed by atoms with Gasteiger partial charge in [0, 0.05) is 24.1 Å². The third-order valence-electron chi connectivity index (χ3n) is 1.91. The zero-order valence-electron chi connectivity index (χ0n) is 6.55. The van der Waals surface area contributed by atoms with Gasteiger partial charge in [-0.3, -0.25) is 0 Å². The molecular formula is C8H10BrNS2. The van der Waals surface area contributed by atoms with Gasteiger partial charge in [-0.05, 0) is 32.9 Å². The number of nitrogens with one attached hydrogen (secondary N) is 1. The maximum absolute atomic E-state index is 3.53. The van der Waals surface area contributed by atoms with Gasteiger partial charge >= 0.3 is 0 Å². The Labute approximate surface area is 89.1 Å². The van der Waals surface area contributed by atoms with Crippen molar-refractivity contribution in [3.05, 3.63) is 20.8 Å². The molecule has 1 saturated heterocycles. The highest BCUT2D eigenvalue weighted by Gasteiger charge is 2.17. The fraction of sp³-hybridized carbons (Fsp3) is 0.500. The van der Waals surface area contributed by atoms with E-state index in [0.717, 1.165) is 12.6 Å². The summed E-state index contributed by atoms with van der Waals surface area (Å²) in [5.74, 6) is 2.56. The van der Waals surface area contributed by atoms with E-state index < -0.39 is 0 Å². The van der Waals surface area contributed by atoms with E-state index in [-0.39, 0.29) is 0 Å². The number of rotatable bonds is 3. The van der Waals surface area contributed by atoms with Crippen molar-refractivity contribution in [2.75, 3.05) is 11.5 Å². The van der Waals surface area contributed by atoms with Crippen LogP contribution in [0.4, 0.5) is 0 Å². The van der Waals surface area contributed by atoms with Crippen LogP contribution in [-0.4, -0.2) is 17.5 Å². The predicted octanol–water partition coefficient (Wildman–Crippen LogP) is 2.72. The first kappa shape index (κ1) is 9.06. The fourth-order valence-corrected chi connectivity index (χ4v) is 3.00. The maximum Gasteiger partial charge on any atom is 0.0743 e. The molecule has 66 valence electrons. The quantitative estimate of drug-likeness (QED) is 0.900. The molecule has 1 aromatic rings. The molecule has 12 heavy (non-hydrogen) atoms. The van der Waals surface area contributed by atoms with Crippen LogP contribution < -0.4 is 5.32 Å². The second-order valence-electron chi connectivity index (χ2n) is 2.83. The minimum Gasteiger partial charge on any atom is -0.308 e. The standard InChI is InChI=1S/C8H10BrNS2/c9-8-6(1-2-12-8)3-10-7-4-11-5-7/h1-2,7,10H,3-5H2. The average Bonchev–Trinajstić information content (AvgIpc) is 2.33. The zero-order valence-corrected chi connectivity index (χ0v) is 9.77. The second kappa shape index (κ2) is 4.13. The molecule has 1 aromatic heterocycles. The van der Waals surface area contributed by atoms with Gasteiger partial charge in [-0.2, -0.15) is 11.8 Å². The molecule has 0 aromatic carbocycles. The molecule has 0 unspecified atom stereocenters. The molecule has 1 aliphatic heterocycles. The number of thiophene rings is 1. The van der Waals surface area contributed by atoms with Crippen molar-refractivity contribution in [1.29, 1.82) is 0 Å². The average molecular weight is 264 g/mol. The van der Waals surface area contributed by atoms with Crippen LogP contribution in [-0.2, 0) is 6.54 Å². The highest BCUT2D eigenvalue weighted by molar-refractivity contribution is 9.11. The lowest BCUT2D eigenvalue weighted by atomic mass is 10.3. The molecule has 0 amide bonds. The smallest absolute Gasteiger partial charge is 0.0743 e. The summed E-state index contributed by atoms with van der Waals surface area (Å²) in [4.78, 5) is 0. The van der Waals surface area contributed by atoms with Crippen LogP contribution in [0.3, 0.4) is 0 Å². The van der Waals surface area contributed by atoms with Crippen molar-refractivity contribution in [2.45, 2.75) is 12.6 Å². The van der Waals surface area contributed by atoms with Gasteiger partial charge < -0.3 is 5.32 Å². The lowest BCUT2D eigenvalue weighted by Gasteiger charge is -2.25. The third kappa shape index (κ3) is 2.05. The first-order valence-electron chi connectivity index (χ1n) is 3.89. The van der Waals surface area contributed by atoms with Crippen LogP contribution in [0.15, 0.2) is 15.2 Å². The lowest BCUT2D eigenvalue weighted by molar-refractivity contribution is 0.583. The summed E-state index contributed by atoms with van der Waals surface area (Å²) in [6, 6.07) is 2.93. The van der Waals surface area contributed by atoms with E-state index in [2.05, 4.69) is 32.7 Å². The first-order valence-corrected chi connectivity index (χ1v) is 6.72. The van der Waals surface area contributed by atoms with Crippen LogP contribution in [0.1, 0.15) is 5.56 Å². The molecular weight excluding hydrogens is 254 g/mol. The number of halogens is 1. The predicted molar refractivity (Wildman–Crippen MR) is 60.0 cm³/mol. The molecule has 0 spiro atoms. The summed E-state index contributed by atoms with van der Waals surface area (Å²) < 4.78 is 1.27. The van der Waals surface area contributed by atoms with E-state index in [1.807, 2.05) is 11.8 Å². The van der Waals surface area contributed by atoms with Gasteiger partial charge in [0.2, 0.25) is 0 Å². The Balaban J connectivity index is 1.82. The molecule has 1 nitrogen and oxygen atoms in total. The van der Waals surface area contributed by atoms with Gasteiger partial charge in [0.25, 0.3) is 0 Å². The minimum absolute atomic E-state index is 0.752. The highest BCUT2D eigenvalue weighted by atomic mass is 79.9. The minimum atomic E-state index is 0.752. The van der Waals surface area contributed by atoms with E-state index in [1.165, 1.54) is 20.9 Å². The van der Waals surface area contributed by atoms with E-state index in [1.54, 1.807) is 11.3 Å². The van der Waals surface area contributed by atoms with Crippen molar-refractivity contribution in [1.82, 2.24) is 5.32 Å². The molecule has 1 aliphatic rings. The lowest BCUT2D eigenvalue weighted by Crippen LogP contribution is -2.39. The molecule has 0 radical (unpaired) electrons. The third-order valence-corrected chi connectivity index (χ3v) is 5.00. The topological polar surface area (TPSA) is 12.0 Å². The summed E-state index contributed by atoms with van der Waals surface area (Å²) in [6.45, 7) is 1.01. The van der Waals surface area contributed by atoms with Gasteiger partial charge in [0.15, 0.2) is 0 Å². The van der Waals surface area contributed by atoms with E-state index in [9.17, 15) is 0 Å². The van der Waals surface area contributed by atoms with E-state index in [0.29, 0.717) is 0 Å². The Morgan fingerprint density at radius 2 is 2.42 bits per heavy atom. The molecule has 0 aliphatic carbocycles. The Hall–Kier alpha value is 0.490. The van der Waals surface area contributed by atoms with Gasteiger partial charge in [0.05, 0.1) is 3.79 Å². The SMILES string of the molecule is Brc1sccc1CNC1CSC1. The van der Waals surface area contributed by atoms with Crippen LogP contribution in [0.5, 0.6) is 0 Å². The maximum atomic E-state index is 3.53. The van der Waals surface area contributed by atoms with Crippen LogP contribution in [0.25, 0.3) is 0 Å². The molecule has 0 atom stereocenters. The van der Waals surface area contributed by atoms with E-state index >= 15 is 0 Å².